The van der Waals surface area contributed by atoms with Gasteiger partial charge in [0.1, 0.15) is 0 Å². The maximum absolute atomic E-state index is 2.43. The number of fused-ring (bicyclic) bond motifs is 9. The lowest BCUT2D eigenvalue weighted by molar-refractivity contribution is 0.660. The lowest BCUT2D eigenvalue weighted by Gasteiger charge is -2.22. The summed E-state index contributed by atoms with van der Waals surface area (Å²) in [5.41, 5.74) is 17.5. The minimum absolute atomic E-state index is 0.129. The van der Waals surface area contributed by atoms with Crippen LogP contribution in [0.1, 0.15) is 36.1 Å². The van der Waals surface area contributed by atoms with Crippen molar-refractivity contribution in [2.24, 2.45) is 0 Å². The van der Waals surface area contributed by atoms with Crippen LogP contribution in [0.5, 0.6) is 0 Å². The van der Waals surface area contributed by atoms with Crippen molar-refractivity contribution in [3.05, 3.63) is 204 Å². The molecule has 2 heteroatoms. The number of hydrogen-bond acceptors (Lipinski definition) is 0. The summed E-state index contributed by atoms with van der Waals surface area (Å²) in [6, 6.07) is 66.7. The fourth-order valence-electron chi connectivity index (χ4n) is 9.19. The van der Waals surface area contributed by atoms with E-state index in [4.69, 9.17) is 0 Å². The quantitative estimate of drug-likeness (QED) is 0.158. The van der Waals surface area contributed by atoms with E-state index < -0.39 is 0 Å². The molecule has 1 aliphatic rings. The van der Waals surface area contributed by atoms with Crippen molar-refractivity contribution in [3.63, 3.8) is 0 Å². The first kappa shape index (κ1) is 31.6. The molecule has 0 N–H and O–H groups in total. The Morgan fingerprint density at radius 2 is 0.800 bits per heavy atom. The predicted octanol–water partition coefficient (Wildman–Crippen LogP) is 14.0. The highest BCUT2D eigenvalue weighted by molar-refractivity contribution is 6.11. The van der Waals surface area contributed by atoms with Crippen molar-refractivity contribution in [2.75, 3.05) is 0 Å². The van der Waals surface area contributed by atoms with Crippen LogP contribution in [0.15, 0.2) is 182 Å². The van der Waals surface area contributed by atoms with Crippen molar-refractivity contribution in [1.82, 2.24) is 9.13 Å². The highest BCUT2D eigenvalue weighted by Gasteiger charge is 2.35. The van der Waals surface area contributed by atoms with E-state index in [2.05, 4.69) is 217 Å². The van der Waals surface area contributed by atoms with Gasteiger partial charge in [-0.2, -0.15) is 0 Å². The summed E-state index contributed by atoms with van der Waals surface area (Å²) in [6.07, 6.45) is 4.53. The lowest BCUT2D eigenvalue weighted by Crippen LogP contribution is -2.15. The van der Waals surface area contributed by atoms with Crippen LogP contribution in [0.4, 0.5) is 0 Å². The predicted molar refractivity (Wildman–Crippen MR) is 233 cm³/mol. The zero-order valence-electron chi connectivity index (χ0n) is 30.9. The Labute approximate surface area is 320 Å². The van der Waals surface area contributed by atoms with Gasteiger partial charge in [-0.15, -0.1) is 0 Å². The number of nitrogens with zero attached hydrogens (tertiary/aromatic N) is 2. The molecule has 0 fully saturated rings. The standard InChI is InChI=1S/C53H38N2/c1-53(2)47-32-36(22-21-35-24-29-51-45(31-35)43-17-9-11-19-49(43)54(51)39-13-5-3-6-14-39)23-27-41(47)42-28-25-38(34-48(42)53)37-26-30-52-46(33-37)44-18-10-12-20-50(44)55(52)40-15-7-4-8-16-40/h3-34H,1-2H3. The summed E-state index contributed by atoms with van der Waals surface area (Å²) >= 11 is 0. The Morgan fingerprint density at radius 3 is 1.44 bits per heavy atom. The van der Waals surface area contributed by atoms with E-state index in [-0.39, 0.29) is 5.41 Å². The zero-order chi connectivity index (χ0) is 36.7. The third kappa shape index (κ3) is 4.88. The Balaban J connectivity index is 0.934. The molecule has 8 aromatic carbocycles. The molecular weight excluding hydrogens is 665 g/mol. The molecule has 55 heavy (non-hydrogen) atoms. The number of rotatable bonds is 5. The molecule has 2 heterocycles. The SMILES string of the molecule is CC1(C)c2cc(C=Cc3ccc4c(c3)c3ccccc3n4-c3ccccc3)ccc2-c2ccc(-c3ccc4c(c3)c3ccccc3n4-c3ccccc3)cc21. The molecule has 0 saturated carbocycles. The van der Waals surface area contributed by atoms with Crippen molar-refractivity contribution in [3.8, 4) is 33.6 Å². The summed E-state index contributed by atoms with van der Waals surface area (Å²) < 4.78 is 4.75. The Morgan fingerprint density at radius 1 is 0.364 bits per heavy atom. The van der Waals surface area contributed by atoms with Gasteiger partial charge in [0.2, 0.25) is 0 Å². The van der Waals surface area contributed by atoms with Crippen molar-refractivity contribution < 1.29 is 0 Å². The molecule has 0 radical (unpaired) electrons. The normalized spacial score (nSPS) is 13.3. The van der Waals surface area contributed by atoms with Gasteiger partial charge >= 0.3 is 0 Å². The summed E-state index contributed by atoms with van der Waals surface area (Å²) in [4.78, 5) is 0. The number of aromatic nitrogens is 2. The van der Waals surface area contributed by atoms with Crippen LogP contribution >= 0.6 is 0 Å². The summed E-state index contributed by atoms with van der Waals surface area (Å²) in [5.74, 6) is 0. The summed E-state index contributed by atoms with van der Waals surface area (Å²) in [6.45, 7) is 4.75. The second-order valence-electron chi connectivity index (χ2n) is 15.4. The Kier molecular flexibility index (Phi) is 6.93. The summed E-state index contributed by atoms with van der Waals surface area (Å²) in [7, 11) is 0. The van der Waals surface area contributed by atoms with E-state index >= 15 is 0 Å². The molecule has 0 atom stereocenters. The lowest BCUT2D eigenvalue weighted by atomic mass is 9.81. The molecule has 0 bridgehead atoms. The molecule has 1 aliphatic carbocycles. The van der Waals surface area contributed by atoms with Gasteiger partial charge in [0, 0.05) is 38.3 Å². The Hall–Kier alpha value is -6.90. The van der Waals surface area contributed by atoms with E-state index in [1.165, 1.54) is 99.5 Å². The van der Waals surface area contributed by atoms with Crippen LogP contribution in [0.3, 0.4) is 0 Å². The second-order valence-corrected chi connectivity index (χ2v) is 15.4. The molecule has 2 nitrogen and oxygen atoms in total. The van der Waals surface area contributed by atoms with E-state index in [0.29, 0.717) is 0 Å². The van der Waals surface area contributed by atoms with Crippen LogP contribution in [0.2, 0.25) is 0 Å². The summed E-state index contributed by atoms with van der Waals surface area (Å²) in [5, 5.41) is 5.09. The fraction of sp³-hybridized carbons (Fsp3) is 0.0566. The monoisotopic (exact) mass is 702 g/mol. The highest BCUT2D eigenvalue weighted by atomic mass is 15.0. The van der Waals surface area contributed by atoms with Crippen LogP contribution in [-0.2, 0) is 5.41 Å². The molecule has 0 amide bonds. The van der Waals surface area contributed by atoms with Crippen LogP contribution < -0.4 is 0 Å². The van der Waals surface area contributed by atoms with E-state index in [0.717, 1.165) is 0 Å². The molecule has 0 spiro atoms. The molecule has 0 unspecified atom stereocenters. The first-order chi connectivity index (χ1) is 27.0. The molecule has 260 valence electrons. The third-order valence-corrected chi connectivity index (χ3v) is 11.9. The van der Waals surface area contributed by atoms with Crippen LogP contribution in [0.25, 0.3) is 89.4 Å². The van der Waals surface area contributed by atoms with E-state index in [9.17, 15) is 0 Å². The third-order valence-electron chi connectivity index (χ3n) is 11.9. The van der Waals surface area contributed by atoms with Crippen molar-refractivity contribution in [1.29, 1.82) is 0 Å². The minimum atomic E-state index is -0.129. The van der Waals surface area contributed by atoms with Gasteiger partial charge in [0.15, 0.2) is 0 Å². The molecule has 0 aliphatic heterocycles. The van der Waals surface area contributed by atoms with E-state index in [1.807, 2.05) is 0 Å². The molecule has 0 saturated heterocycles. The van der Waals surface area contributed by atoms with Gasteiger partial charge in [0.25, 0.3) is 0 Å². The molecule has 2 aromatic heterocycles. The largest absolute Gasteiger partial charge is 0.309 e. The zero-order valence-corrected chi connectivity index (χ0v) is 30.9. The maximum Gasteiger partial charge on any atom is 0.0541 e. The topological polar surface area (TPSA) is 9.86 Å². The minimum Gasteiger partial charge on any atom is -0.309 e. The first-order valence-electron chi connectivity index (χ1n) is 19.2. The maximum atomic E-state index is 2.43. The van der Waals surface area contributed by atoms with Gasteiger partial charge in [-0.25, -0.2) is 0 Å². The fourth-order valence-corrected chi connectivity index (χ4v) is 9.19. The first-order valence-corrected chi connectivity index (χ1v) is 19.2. The van der Waals surface area contributed by atoms with Crippen LogP contribution in [-0.4, -0.2) is 9.13 Å². The van der Waals surface area contributed by atoms with Gasteiger partial charge in [-0.3, -0.25) is 0 Å². The van der Waals surface area contributed by atoms with Crippen molar-refractivity contribution >= 4 is 55.8 Å². The van der Waals surface area contributed by atoms with Crippen LogP contribution in [0, 0.1) is 0 Å². The van der Waals surface area contributed by atoms with Gasteiger partial charge in [-0.05, 0) is 111 Å². The Bertz CT molecular complexity index is 3160. The molecule has 10 aromatic rings. The number of hydrogen-bond donors (Lipinski definition) is 0. The van der Waals surface area contributed by atoms with E-state index in [1.54, 1.807) is 0 Å². The molecule has 11 rings (SSSR count). The molecular formula is C53H38N2. The number of benzene rings is 8. The smallest absolute Gasteiger partial charge is 0.0541 e. The second kappa shape index (κ2) is 12.1. The average molecular weight is 703 g/mol. The van der Waals surface area contributed by atoms with Gasteiger partial charge in [-0.1, -0.05) is 141 Å². The highest BCUT2D eigenvalue weighted by Crippen LogP contribution is 2.50. The van der Waals surface area contributed by atoms with Crippen molar-refractivity contribution in [2.45, 2.75) is 19.3 Å². The number of para-hydroxylation sites is 4. The van der Waals surface area contributed by atoms with Gasteiger partial charge < -0.3 is 9.13 Å². The average Bonchev–Trinajstić information content (AvgIpc) is 3.83. The van der Waals surface area contributed by atoms with Gasteiger partial charge in [0.05, 0.1) is 22.1 Å².